The zero-order valence-corrected chi connectivity index (χ0v) is 9.53. The van der Waals surface area contributed by atoms with Crippen LogP contribution in [0.2, 0.25) is 0 Å². The van der Waals surface area contributed by atoms with E-state index in [9.17, 15) is 0 Å². The molecule has 1 nitrogen and oxygen atoms in total. The molecule has 0 amide bonds. The molecule has 0 aliphatic heterocycles. The Hall–Kier alpha value is -1.08. The van der Waals surface area contributed by atoms with Gasteiger partial charge in [-0.15, -0.1) is 0 Å². The van der Waals surface area contributed by atoms with Crippen molar-refractivity contribution < 1.29 is 0 Å². The van der Waals surface area contributed by atoms with Crippen molar-refractivity contribution in [1.29, 1.82) is 0 Å². The zero-order chi connectivity index (χ0) is 10.7. The Morgan fingerprint density at radius 2 is 1.93 bits per heavy atom. The smallest absolute Gasteiger partial charge is 0.0221 e. The van der Waals surface area contributed by atoms with Gasteiger partial charge in [0.25, 0.3) is 0 Å². The lowest BCUT2D eigenvalue weighted by molar-refractivity contribution is 0.731. The number of benzene rings is 1. The normalized spacial score (nSPS) is 18.3. The van der Waals surface area contributed by atoms with Crippen LogP contribution in [0.3, 0.4) is 0 Å². The Bertz CT molecular complexity index is 333. The molecule has 1 heteroatoms. The largest absolute Gasteiger partial charge is 0.314 e. The highest BCUT2D eigenvalue weighted by Gasteiger charge is 2.22. The monoisotopic (exact) mass is 201 g/mol. The van der Waals surface area contributed by atoms with Gasteiger partial charge in [0, 0.05) is 6.04 Å². The van der Waals surface area contributed by atoms with Crippen LogP contribution in [0, 0.1) is 0 Å². The summed E-state index contributed by atoms with van der Waals surface area (Å²) in [6.45, 7) is 2.15. The molecule has 0 saturated heterocycles. The molecule has 1 aromatic carbocycles. The first kappa shape index (κ1) is 10.4. The molecule has 1 unspecified atom stereocenters. The van der Waals surface area contributed by atoms with Gasteiger partial charge in [-0.2, -0.15) is 0 Å². The molecule has 0 heterocycles. The van der Waals surface area contributed by atoms with Crippen molar-refractivity contribution in [2.45, 2.75) is 31.7 Å². The molecular formula is C14H19N. The van der Waals surface area contributed by atoms with Crippen LogP contribution in [0.25, 0.3) is 6.08 Å². The van der Waals surface area contributed by atoms with E-state index < -0.39 is 0 Å². The third-order valence-corrected chi connectivity index (χ3v) is 3.02. The summed E-state index contributed by atoms with van der Waals surface area (Å²) in [7, 11) is 1.98. The van der Waals surface area contributed by atoms with E-state index in [4.69, 9.17) is 0 Å². The molecule has 0 bridgehead atoms. The fourth-order valence-electron chi connectivity index (χ4n) is 1.65. The second-order valence-electron chi connectivity index (χ2n) is 4.38. The minimum Gasteiger partial charge on any atom is -0.314 e. The van der Waals surface area contributed by atoms with E-state index in [0.29, 0.717) is 6.04 Å². The topological polar surface area (TPSA) is 12.0 Å². The van der Waals surface area contributed by atoms with Crippen LogP contribution in [0.1, 0.15) is 36.8 Å². The molecule has 0 radical (unpaired) electrons. The number of rotatable bonds is 4. The molecule has 1 N–H and O–H groups in total. The van der Waals surface area contributed by atoms with E-state index in [0.717, 1.165) is 5.92 Å². The molecule has 0 spiro atoms. The van der Waals surface area contributed by atoms with Crippen molar-refractivity contribution >= 4 is 6.08 Å². The molecule has 1 fully saturated rings. The van der Waals surface area contributed by atoms with Crippen LogP contribution in [-0.2, 0) is 0 Å². The first-order valence-electron chi connectivity index (χ1n) is 5.75. The van der Waals surface area contributed by atoms with E-state index in [-0.39, 0.29) is 0 Å². The highest BCUT2D eigenvalue weighted by atomic mass is 14.8. The Kier molecular flexibility index (Phi) is 3.22. The van der Waals surface area contributed by atoms with E-state index >= 15 is 0 Å². The maximum Gasteiger partial charge on any atom is 0.0221 e. The van der Waals surface area contributed by atoms with Gasteiger partial charge in [0.1, 0.15) is 0 Å². The molecule has 1 aliphatic rings. The quantitative estimate of drug-likeness (QED) is 0.789. The van der Waals surface area contributed by atoms with Gasteiger partial charge in [-0.05, 0) is 43.9 Å². The molecule has 1 atom stereocenters. The minimum absolute atomic E-state index is 0.438. The highest BCUT2D eigenvalue weighted by molar-refractivity contribution is 5.50. The molecule has 1 aliphatic carbocycles. The Morgan fingerprint density at radius 1 is 1.27 bits per heavy atom. The van der Waals surface area contributed by atoms with Crippen molar-refractivity contribution in [3.05, 3.63) is 41.5 Å². The van der Waals surface area contributed by atoms with Crippen molar-refractivity contribution in [2.75, 3.05) is 7.05 Å². The van der Waals surface area contributed by atoms with Crippen molar-refractivity contribution in [3.8, 4) is 0 Å². The van der Waals surface area contributed by atoms with Gasteiger partial charge < -0.3 is 5.32 Å². The first-order chi connectivity index (χ1) is 7.29. The molecule has 15 heavy (non-hydrogen) atoms. The zero-order valence-electron chi connectivity index (χ0n) is 9.53. The summed E-state index contributed by atoms with van der Waals surface area (Å²) in [5.41, 5.74) is 2.80. The molecule has 80 valence electrons. The lowest BCUT2D eigenvalue weighted by Gasteiger charge is -2.03. The maximum absolute atomic E-state index is 3.19. The first-order valence-corrected chi connectivity index (χ1v) is 5.75. The Balaban J connectivity index is 2.00. The lowest BCUT2D eigenvalue weighted by Crippen LogP contribution is -2.17. The third-order valence-electron chi connectivity index (χ3n) is 3.02. The summed E-state index contributed by atoms with van der Waals surface area (Å²) in [4.78, 5) is 0. The number of hydrogen-bond donors (Lipinski definition) is 1. The van der Waals surface area contributed by atoms with Gasteiger partial charge in [-0.3, -0.25) is 0 Å². The van der Waals surface area contributed by atoms with Crippen LogP contribution in [0.4, 0.5) is 0 Å². The Labute approximate surface area is 92.2 Å². The minimum atomic E-state index is 0.438. The van der Waals surface area contributed by atoms with Crippen LogP contribution in [0.15, 0.2) is 30.3 Å². The van der Waals surface area contributed by atoms with Crippen molar-refractivity contribution in [2.24, 2.45) is 0 Å². The molecule has 1 saturated carbocycles. The lowest BCUT2D eigenvalue weighted by atomic mass is 10.1. The SMILES string of the molecule is CNC(C)/C=C/c1ccc(C2CC2)cc1. The number of nitrogens with one attached hydrogen (secondary N) is 1. The van der Waals surface area contributed by atoms with Gasteiger partial charge >= 0.3 is 0 Å². The van der Waals surface area contributed by atoms with Gasteiger partial charge in [-0.1, -0.05) is 36.4 Å². The van der Waals surface area contributed by atoms with Gasteiger partial charge in [0.15, 0.2) is 0 Å². The standard InChI is InChI=1S/C14H19N/c1-11(15-2)3-4-12-5-7-13(8-6-12)14-9-10-14/h3-8,11,14-15H,9-10H2,1-2H3/b4-3+. The van der Waals surface area contributed by atoms with E-state index in [1.807, 2.05) is 7.05 Å². The predicted molar refractivity (Wildman–Crippen MR) is 66.0 cm³/mol. The molecule has 1 aromatic rings. The predicted octanol–water partition coefficient (Wildman–Crippen LogP) is 3.19. The average molecular weight is 201 g/mol. The third kappa shape index (κ3) is 2.93. The van der Waals surface area contributed by atoms with Crippen LogP contribution in [-0.4, -0.2) is 13.1 Å². The fourth-order valence-corrected chi connectivity index (χ4v) is 1.65. The number of likely N-dealkylation sites (N-methyl/N-ethyl adjacent to an activating group) is 1. The molecular weight excluding hydrogens is 182 g/mol. The summed E-state index contributed by atoms with van der Waals surface area (Å²) < 4.78 is 0. The number of hydrogen-bond acceptors (Lipinski definition) is 1. The van der Waals surface area contributed by atoms with Crippen molar-refractivity contribution in [3.63, 3.8) is 0 Å². The summed E-state index contributed by atoms with van der Waals surface area (Å²) in [6.07, 6.45) is 7.13. The van der Waals surface area contributed by atoms with E-state index in [1.54, 1.807) is 0 Å². The molecule has 0 aromatic heterocycles. The van der Waals surface area contributed by atoms with Gasteiger partial charge in [0.05, 0.1) is 0 Å². The summed E-state index contributed by atoms with van der Waals surface area (Å²) in [6, 6.07) is 9.40. The summed E-state index contributed by atoms with van der Waals surface area (Å²) >= 11 is 0. The fraction of sp³-hybridized carbons (Fsp3) is 0.429. The average Bonchev–Trinajstić information content (AvgIpc) is 3.10. The second-order valence-corrected chi connectivity index (χ2v) is 4.38. The van der Waals surface area contributed by atoms with Gasteiger partial charge in [-0.25, -0.2) is 0 Å². The van der Waals surface area contributed by atoms with Crippen molar-refractivity contribution in [1.82, 2.24) is 5.32 Å². The maximum atomic E-state index is 3.19. The highest BCUT2D eigenvalue weighted by Crippen LogP contribution is 2.39. The molecule has 2 rings (SSSR count). The van der Waals surface area contributed by atoms with Crippen LogP contribution >= 0.6 is 0 Å². The summed E-state index contributed by atoms with van der Waals surface area (Å²) in [5.74, 6) is 0.860. The van der Waals surface area contributed by atoms with E-state index in [2.05, 4.69) is 48.7 Å². The van der Waals surface area contributed by atoms with Crippen LogP contribution < -0.4 is 5.32 Å². The Morgan fingerprint density at radius 3 is 2.47 bits per heavy atom. The summed E-state index contributed by atoms with van der Waals surface area (Å²) in [5, 5.41) is 3.19. The van der Waals surface area contributed by atoms with Crippen LogP contribution in [0.5, 0.6) is 0 Å². The van der Waals surface area contributed by atoms with Gasteiger partial charge in [0.2, 0.25) is 0 Å². The van der Waals surface area contributed by atoms with E-state index in [1.165, 1.54) is 24.0 Å². The second kappa shape index (κ2) is 4.63.